The van der Waals surface area contributed by atoms with E-state index in [4.69, 9.17) is 0 Å². The van der Waals surface area contributed by atoms with Gasteiger partial charge in [-0.3, -0.25) is 9.59 Å². The molecule has 1 atom stereocenters. The number of benzene rings is 2. The average molecular weight is 399 g/mol. The molecule has 1 N–H and O–H groups in total. The van der Waals surface area contributed by atoms with Crippen LogP contribution in [-0.2, 0) is 21.8 Å². The molecule has 2 aromatic carbocycles. The van der Waals surface area contributed by atoms with E-state index in [1.807, 2.05) is 50.2 Å². The number of hydrogen-bond donors (Lipinski definition) is 1. The maximum atomic E-state index is 12.9. The van der Waals surface area contributed by atoms with Crippen molar-refractivity contribution in [3.05, 3.63) is 71.8 Å². The Morgan fingerprint density at radius 2 is 1.61 bits per heavy atom. The number of carbonyl (C=O) groups is 2. The van der Waals surface area contributed by atoms with E-state index >= 15 is 0 Å². The van der Waals surface area contributed by atoms with Crippen molar-refractivity contribution in [3.8, 4) is 0 Å². The second-order valence-electron chi connectivity index (χ2n) is 6.77. The third kappa shape index (κ3) is 7.39. The Kier molecular flexibility index (Phi) is 9.63. The first-order chi connectivity index (χ1) is 13.6. The van der Waals surface area contributed by atoms with Gasteiger partial charge >= 0.3 is 0 Å². The SMILES string of the molecule is CCCNC(=O)[C@H](C)N(CCc1ccccc1)C(=O)CSCc1ccccc1. The van der Waals surface area contributed by atoms with E-state index in [-0.39, 0.29) is 11.8 Å². The zero-order valence-electron chi connectivity index (χ0n) is 16.8. The van der Waals surface area contributed by atoms with Gasteiger partial charge in [-0.1, -0.05) is 67.6 Å². The quantitative estimate of drug-likeness (QED) is 0.624. The fourth-order valence-corrected chi connectivity index (χ4v) is 3.75. The van der Waals surface area contributed by atoms with E-state index in [9.17, 15) is 9.59 Å². The van der Waals surface area contributed by atoms with Crippen molar-refractivity contribution in [1.29, 1.82) is 0 Å². The normalized spacial score (nSPS) is 11.6. The summed E-state index contributed by atoms with van der Waals surface area (Å²) < 4.78 is 0. The second-order valence-corrected chi connectivity index (χ2v) is 7.75. The van der Waals surface area contributed by atoms with Crippen LogP contribution in [0.5, 0.6) is 0 Å². The number of amides is 2. The topological polar surface area (TPSA) is 49.4 Å². The molecule has 0 unspecified atom stereocenters. The Morgan fingerprint density at radius 1 is 1.00 bits per heavy atom. The van der Waals surface area contributed by atoms with Crippen molar-refractivity contribution < 1.29 is 9.59 Å². The minimum absolute atomic E-state index is 0.0102. The smallest absolute Gasteiger partial charge is 0.242 e. The van der Waals surface area contributed by atoms with Crippen LogP contribution in [0.2, 0.25) is 0 Å². The van der Waals surface area contributed by atoms with Crippen molar-refractivity contribution in [1.82, 2.24) is 10.2 Å². The molecule has 0 heterocycles. The predicted octanol–water partition coefficient (Wildman–Crippen LogP) is 3.91. The third-order valence-corrected chi connectivity index (χ3v) is 5.53. The van der Waals surface area contributed by atoms with E-state index in [0.717, 1.165) is 18.6 Å². The number of nitrogens with zero attached hydrogens (tertiary/aromatic N) is 1. The fourth-order valence-electron chi connectivity index (χ4n) is 2.88. The van der Waals surface area contributed by atoms with Gasteiger partial charge in [-0.25, -0.2) is 0 Å². The summed E-state index contributed by atoms with van der Waals surface area (Å²) in [4.78, 5) is 27.1. The Hall–Kier alpha value is -2.27. The highest BCUT2D eigenvalue weighted by molar-refractivity contribution is 7.99. The molecule has 150 valence electrons. The molecule has 5 heteroatoms. The third-order valence-electron chi connectivity index (χ3n) is 4.54. The monoisotopic (exact) mass is 398 g/mol. The highest BCUT2D eigenvalue weighted by Crippen LogP contribution is 2.14. The van der Waals surface area contributed by atoms with Gasteiger partial charge < -0.3 is 10.2 Å². The standard InChI is InChI=1S/C23H30N2O2S/c1-3-15-24-23(27)19(2)25(16-14-20-10-6-4-7-11-20)22(26)18-28-17-21-12-8-5-9-13-21/h4-13,19H,3,14-18H2,1-2H3,(H,24,27)/t19-/m0/s1. The molecule has 0 saturated carbocycles. The number of thioether (sulfide) groups is 1. The molecular formula is C23H30N2O2S. The van der Waals surface area contributed by atoms with Crippen LogP contribution >= 0.6 is 11.8 Å². The summed E-state index contributed by atoms with van der Waals surface area (Å²) in [5.74, 6) is 1.08. The first kappa shape index (κ1) is 22.0. The maximum absolute atomic E-state index is 12.9. The summed E-state index contributed by atoms with van der Waals surface area (Å²) in [5.41, 5.74) is 2.36. The summed E-state index contributed by atoms with van der Waals surface area (Å²) in [5, 5.41) is 2.91. The van der Waals surface area contributed by atoms with Crippen LogP contribution in [0.4, 0.5) is 0 Å². The first-order valence-electron chi connectivity index (χ1n) is 9.84. The molecule has 2 aromatic rings. The van der Waals surface area contributed by atoms with Crippen LogP contribution in [0.1, 0.15) is 31.4 Å². The van der Waals surface area contributed by atoms with Gasteiger partial charge in [0, 0.05) is 18.8 Å². The van der Waals surface area contributed by atoms with Gasteiger partial charge in [-0.05, 0) is 30.9 Å². The molecular weight excluding hydrogens is 368 g/mol. The molecule has 0 aromatic heterocycles. The first-order valence-corrected chi connectivity index (χ1v) is 11.0. The minimum Gasteiger partial charge on any atom is -0.354 e. The van der Waals surface area contributed by atoms with Crippen LogP contribution in [0.15, 0.2) is 60.7 Å². The zero-order valence-corrected chi connectivity index (χ0v) is 17.6. The lowest BCUT2D eigenvalue weighted by atomic mass is 10.1. The van der Waals surface area contributed by atoms with Gasteiger partial charge in [0.1, 0.15) is 6.04 Å². The van der Waals surface area contributed by atoms with E-state index in [1.165, 1.54) is 11.1 Å². The lowest BCUT2D eigenvalue weighted by molar-refractivity contribution is -0.137. The summed E-state index contributed by atoms with van der Waals surface area (Å²) >= 11 is 1.59. The summed E-state index contributed by atoms with van der Waals surface area (Å²) in [7, 11) is 0. The number of hydrogen-bond acceptors (Lipinski definition) is 3. The predicted molar refractivity (Wildman–Crippen MR) is 117 cm³/mol. The molecule has 2 amide bonds. The Labute approximate surface area is 172 Å². The average Bonchev–Trinajstić information content (AvgIpc) is 2.73. The minimum atomic E-state index is -0.472. The van der Waals surface area contributed by atoms with Gasteiger partial charge in [0.05, 0.1) is 5.75 Å². The van der Waals surface area contributed by atoms with Gasteiger partial charge in [0.2, 0.25) is 11.8 Å². The molecule has 0 spiro atoms. The van der Waals surface area contributed by atoms with Gasteiger partial charge in [-0.15, -0.1) is 11.8 Å². The zero-order chi connectivity index (χ0) is 20.2. The summed E-state index contributed by atoms with van der Waals surface area (Å²) in [6.07, 6.45) is 1.62. The molecule has 0 bridgehead atoms. The van der Waals surface area contributed by atoms with Crippen molar-refractivity contribution in [2.75, 3.05) is 18.8 Å². The summed E-state index contributed by atoms with van der Waals surface area (Å²) in [6.45, 7) is 5.00. The van der Waals surface area contributed by atoms with Crippen molar-refractivity contribution in [3.63, 3.8) is 0 Å². The van der Waals surface area contributed by atoms with Crippen LogP contribution in [0.3, 0.4) is 0 Å². The molecule has 0 aliphatic carbocycles. The molecule has 0 aliphatic heterocycles. The van der Waals surface area contributed by atoms with E-state index in [0.29, 0.717) is 18.8 Å². The molecule has 4 nitrogen and oxygen atoms in total. The van der Waals surface area contributed by atoms with Gasteiger partial charge in [0.25, 0.3) is 0 Å². The fraction of sp³-hybridized carbons (Fsp3) is 0.391. The van der Waals surface area contributed by atoms with Crippen molar-refractivity contribution in [2.24, 2.45) is 0 Å². The van der Waals surface area contributed by atoms with Crippen LogP contribution in [0, 0.1) is 0 Å². The number of nitrogens with one attached hydrogen (secondary N) is 1. The van der Waals surface area contributed by atoms with Gasteiger partial charge in [-0.2, -0.15) is 0 Å². The molecule has 28 heavy (non-hydrogen) atoms. The molecule has 0 saturated heterocycles. The van der Waals surface area contributed by atoms with E-state index < -0.39 is 6.04 Å². The highest BCUT2D eigenvalue weighted by Gasteiger charge is 2.25. The second kappa shape index (κ2) is 12.2. The van der Waals surface area contributed by atoms with Crippen LogP contribution in [0.25, 0.3) is 0 Å². The van der Waals surface area contributed by atoms with Gasteiger partial charge in [0.15, 0.2) is 0 Å². The molecule has 0 aliphatic rings. The van der Waals surface area contributed by atoms with Crippen molar-refractivity contribution in [2.45, 2.75) is 38.5 Å². The number of carbonyl (C=O) groups excluding carboxylic acids is 2. The maximum Gasteiger partial charge on any atom is 0.242 e. The Bertz CT molecular complexity index is 722. The lowest BCUT2D eigenvalue weighted by Crippen LogP contribution is -2.49. The van der Waals surface area contributed by atoms with E-state index in [1.54, 1.807) is 16.7 Å². The molecule has 2 rings (SSSR count). The molecule has 0 radical (unpaired) electrons. The number of rotatable bonds is 11. The van der Waals surface area contributed by atoms with Crippen LogP contribution < -0.4 is 5.32 Å². The Balaban J connectivity index is 1.96. The lowest BCUT2D eigenvalue weighted by Gasteiger charge is -2.28. The Morgan fingerprint density at radius 3 is 2.21 bits per heavy atom. The van der Waals surface area contributed by atoms with Crippen LogP contribution in [-0.4, -0.2) is 41.6 Å². The summed E-state index contributed by atoms with van der Waals surface area (Å²) in [6, 6.07) is 19.7. The van der Waals surface area contributed by atoms with Crippen molar-refractivity contribution >= 4 is 23.6 Å². The molecule has 0 fully saturated rings. The highest BCUT2D eigenvalue weighted by atomic mass is 32.2. The largest absolute Gasteiger partial charge is 0.354 e. The van der Waals surface area contributed by atoms with E-state index in [2.05, 4.69) is 29.6 Å².